The van der Waals surface area contributed by atoms with E-state index in [1.54, 1.807) is 5.56 Å². The number of nitrogens with one attached hydrogen (secondary N) is 1. The smallest absolute Gasteiger partial charge is 0.0460 e. The zero-order valence-electron chi connectivity index (χ0n) is 10.7. The van der Waals surface area contributed by atoms with Gasteiger partial charge < -0.3 is 5.32 Å². The predicted octanol–water partition coefficient (Wildman–Crippen LogP) is 3.48. The fourth-order valence-corrected chi connectivity index (χ4v) is 3.14. The average molecular weight is 217 g/mol. The normalized spacial score (nSPS) is 26.2. The highest BCUT2D eigenvalue weighted by Crippen LogP contribution is 2.39. The van der Waals surface area contributed by atoms with E-state index in [9.17, 15) is 0 Å². The van der Waals surface area contributed by atoms with Crippen molar-refractivity contribution in [3.05, 3.63) is 35.4 Å². The Kier molecular flexibility index (Phi) is 3.34. The third-order valence-electron chi connectivity index (χ3n) is 4.34. The van der Waals surface area contributed by atoms with Crippen LogP contribution in [0.2, 0.25) is 0 Å². The van der Waals surface area contributed by atoms with Gasteiger partial charge in [0.1, 0.15) is 0 Å². The Bertz CT molecular complexity index is 358. The minimum atomic E-state index is 0.212. The summed E-state index contributed by atoms with van der Waals surface area (Å²) in [5.41, 5.74) is 3.30. The molecule has 1 heteroatoms. The molecule has 0 aromatic heterocycles. The lowest BCUT2D eigenvalue weighted by molar-refractivity contribution is 0.197. The fraction of sp³-hybridized carbons (Fsp3) is 0.600. The Labute approximate surface area is 99.3 Å². The van der Waals surface area contributed by atoms with E-state index in [1.807, 2.05) is 0 Å². The van der Waals surface area contributed by atoms with Gasteiger partial charge in [0.15, 0.2) is 0 Å². The van der Waals surface area contributed by atoms with Crippen LogP contribution in [0.4, 0.5) is 0 Å². The quantitative estimate of drug-likeness (QED) is 0.817. The summed E-state index contributed by atoms with van der Waals surface area (Å²) in [5, 5.41) is 3.79. The molecular formula is C15H23N. The molecule has 0 amide bonds. The van der Waals surface area contributed by atoms with Crippen LogP contribution in [0.3, 0.4) is 0 Å². The van der Waals surface area contributed by atoms with Gasteiger partial charge in [0, 0.05) is 12.1 Å². The average Bonchev–Trinajstić information content (AvgIpc) is 2.37. The van der Waals surface area contributed by atoms with Crippen LogP contribution in [0.15, 0.2) is 24.3 Å². The van der Waals surface area contributed by atoms with Crippen molar-refractivity contribution in [3.63, 3.8) is 0 Å². The van der Waals surface area contributed by atoms with Crippen molar-refractivity contribution >= 4 is 0 Å². The van der Waals surface area contributed by atoms with Gasteiger partial charge in [-0.3, -0.25) is 0 Å². The molecule has 2 atom stereocenters. The Morgan fingerprint density at radius 3 is 2.75 bits per heavy atom. The summed E-state index contributed by atoms with van der Waals surface area (Å²) in [6.45, 7) is 8.09. The van der Waals surface area contributed by atoms with Gasteiger partial charge in [0.2, 0.25) is 0 Å². The molecule has 2 unspecified atom stereocenters. The first-order chi connectivity index (χ1) is 7.74. The van der Waals surface area contributed by atoms with Crippen molar-refractivity contribution in [3.8, 4) is 0 Å². The fourth-order valence-electron chi connectivity index (χ4n) is 3.14. The van der Waals surface area contributed by atoms with Crippen LogP contribution in [-0.2, 0) is 12.0 Å². The van der Waals surface area contributed by atoms with E-state index in [4.69, 9.17) is 0 Å². The van der Waals surface area contributed by atoms with Gasteiger partial charge in [-0.15, -0.1) is 0 Å². The van der Waals surface area contributed by atoms with Crippen molar-refractivity contribution in [2.75, 3.05) is 6.54 Å². The Hall–Kier alpha value is -0.820. The highest BCUT2D eigenvalue weighted by molar-refractivity contribution is 5.36. The second-order valence-corrected chi connectivity index (χ2v) is 4.97. The summed E-state index contributed by atoms with van der Waals surface area (Å²) < 4.78 is 0. The lowest BCUT2D eigenvalue weighted by atomic mass is 9.71. The summed E-state index contributed by atoms with van der Waals surface area (Å²) in [4.78, 5) is 0. The summed E-state index contributed by atoms with van der Waals surface area (Å²) in [6.07, 6.45) is 3.59. The monoisotopic (exact) mass is 217 g/mol. The molecule has 1 aliphatic rings. The SMILES string of the molecule is CCC(C)C1(CC)NCCc2ccccc21. The predicted molar refractivity (Wildman–Crippen MR) is 69.6 cm³/mol. The molecule has 0 aliphatic carbocycles. The number of fused-ring (bicyclic) bond motifs is 1. The van der Waals surface area contributed by atoms with Gasteiger partial charge in [-0.05, 0) is 29.9 Å². The highest BCUT2D eigenvalue weighted by atomic mass is 15.0. The van der Waals surface area contributed by atoms with Crippen LogP contribution in [0.5, 0.6) is 0 Å². The largest absolute Gasteiger partial charge is 0.307 e. The minimum absolute atomic E-state index is 0.212. The van der Waals surface area contributed by atoms with Crippen LogP contribution in [0.1, 0.15) is 44.7 Å². The summed E-state index contributed by atoms with van der Waals surface area (Å²) in [7, 11) is 0. The maximum Gasteiger partial charge on any atom is 0.0460 e. The molecule has 16 heavy (non-hydrogen) atoms. The molecule has 1 aliphatic heterocycles. The Morgan fingerprint density at radius 2 is 2.06 bits per heavy atom. The van der Waals surface area contributed by atoms with Crippen molar-refractivity contribution in [1.29, 1.82) is 0 Å². The molecule has 1 aromatic carbocycles. The van der Waals surface area contributed by atoms with Crippen LogP contribution in [0.25, 0.3) is 0 Å². The van der Waals surface area contributed by atoms with Gasteiger partial charge in [-0.1, -0.05) is 51.5 Å². The van der Waals surface area contributed by atoms with Crippen LogP contribution in [-0.4, -0.2) is 6.54 Å². The topological polar surface area (TPSA) is 12.0 Å². The van der Waals surface area contributed by atoms with E-state index >= 15 is 0 Å². The van der Waals surface area contributed by atoms with E-state index in [2.05, 4.69) is 50.4 Å². The van der Waals surface area contributed by atoms with Gasteiger partial charge in [-0.2, -0.15) is 0 Å². The van der Waals surface area contributed by atoms with Gasteiger partial charge in [0.05, 0.1) is 0 Å². The molecule has 1 nitrogen and oxygen atoms in total. The number of benzene rings is 1. The van der Waals surface area contributed by atoms with Gasteiger partial charge in [0.25, 0.3) is 0 Å². The minimum Gasteiger partial charge on any atom is -0.307 e. The molecule has 1 aromatic rings. The molecule has 2 rings (SSSR count). The molecule has 0 bridgehead atoms. The van der Waals surface area contributed by atoms with E-state index in [0.29, 0.717) is 5.92 Å². The van der Waals surface area contributed by atoms with Crippen molar-refractivity contribution < 1.29 is 0 Å². The van der Waals surface area contributed by atoms with Crippen molar-refractivity contribution in [1.82, 2.24) is 5.32 Å². The van der Waals surface area contributed by atoms with Gasteiger partial charge >= 0.3 is 0 Å². The molecule has 0 fully saturated rings. The van der Waals surface area contributed by atoms with E-state index in [-0.39, 0.29) is 5.54 Å². The van der Waals surface area contributed by atoms with Crippen LogP contribution < -0.4 is 5.32 Å². The lowest BCUT2D eigenvalue weighted by Crippen LogP contribution is -2.51. The van der Waals surface area contributed by atoms with E-state index < -0.39 is 0 Å². The van der Waals surface area contributed by atoms with Crippen molar-refractivity contribution in [2.45, 2.75) is 45.6 Å². The molecule has 0 saturated carbocycles. The first-order valence-electron chi connectivity index (χ1n) is 6.58. The first-order valence-corrected chi connectivity index (χ1v) is 6.58. The standard InChI is InChI=1S/C15H23N/c1-4-12(3)15(5-2)14-9-7-6-8-13(14)10-11-16-15/h6-9,12,16H,4-5,10-11H2,1-3H3. The molecule has 0 saturated heterocycles. The summed E-state index contributed by atoms with van der Waals surface area (Å²) in [6, 6.07) is 8.96. The van der Waals surface area contributed by atoms with E-state index in [1.165, 1.54) is 24.8 Å². The lowest BCUT2D eigenvalue weighted by Gasteiger charge is -2.44. The van der Waals surface area contributed by atoms with Crippen LogP contribution in [0, 0.1) is 5.92 Å². The Balaban J connectivity index is 2.49. The molecule has 0 radical (unpaired) electrons. The molecule has 0 spiro atoms. The second kappa shape index (κ2) is 4.58. The molecule has 1 N–H and O–H groups in total. The zero-order valence-corrected chi connectivity index (χ0v) is 10.7. The molecular weight excluding hydrogens is 194 g/mol. The summed E-state index contributed by atoms with van der Waals surface area (Å²) >= 11 is 0. The Morgan fingerprint density at radius 1 is 1.31 bits per heavy atom. The number of rotatable bonds is 3. The van der Waals surface area contributed by atoms with Gasteiger partial charge in [-0.25, -0.2) is 0 Å². The van der Waals surface area contributed by atoms with E-state index in [0.717, 1.165) is 6.54 Å². The molecule has 1 heterocycles. The number of hydrogen-bond donors (Lipinski definition) is 1. The van der Waals surface area contributed by atoms with Crippen LogP contribution >= 0.6 is 0 Å². The maximum atomic E-state index is 3.79. The third kappa shape index (κ3) is 1.67. The second-order valence-electron chi connectivity index (χ2n) is 4.97. The summed E-state index contributed by atoms with van der Waals surface area (Å²) in [5.74, 6) is 0.693. The molecule has 88 valence electrons. The number of hydrogen-bond acceptors (Lipinski definition) is 1. The maximum absolute atomic E-state index is 3.79. The highest BCUT2D eigenvalue weighted by Gasteiger charge is 2.38. The van der Waals surface area contributed by atoms with Crippen molar-refractivity contribution in [2.24, 2.45) is 5.92 Å². The zero-order chi connectivity index (χ0) is 11.6. The first kappa shape index (κ1) is 11.7. The third-order valence-corrected chi connectivity index (χ3v) is 4.34.